The first-order valence-corrected chi connectivity index (χ1v) is 13.3. The molecule has 0 bridgehead atoms. The zero-order valence-corrected chi connectivity index (χ0v) is 23.3. The van der Waals surface area contributed by atoms with Crippen molar-refractivity contribution >= 4 is 28.8 Å². The molecule has 38 heavy (non-hydrogen) atoms. The molecule has 2 heterocycles. The number of esters is 1. The van der Waals surface area contributed by atoms with Crippen molar-refractivity contribution in [3.05, 3.63) is 82.0 Å². The van der Waals surface area contributed by atoms with E-state index in [0.29, 0.717) is 27.9 Å². The van der Waals surface area contributed by atoms with E-state index in [1.165, 1.54) is 11.8 Å². The number of amidine groups is 1. The number of thioether (sulfide) groups is 1. The van der Waals surface area contributed by atoms with Crippen molar-refractivity contribution in [2.45, 2.75) is 52.3 Å². The number of aliphatic imine (C=N–C) groups is 1. The Kier molecular flexibility index (Phi) is 8.46. The Morgan fingerprint density at radius 3 is 2.47 bits per heavy atom. The van der Waals surface area contributed by atoms with Gasteiger partial charge in [-0.2, -0.15) is 0 Å². The Labute approximate surface area is 227 Å². The molecule has 0 unspecified atom stereocenters. The summed E-state index contributed by atoms with van der Waals surface area (Å²) in [7, 11) is 3.16. The number of hydrogen-bond donors (Lipinski definition) is 1. The molecular formula is C29H33N3O5S. The number of hydrogen-bond acceptors (Lipinski definition) is 8. The average molecular weight is 536 g/mol. The SMILES string of the molecule is COc1ccc([C@H]2C(C(=O)OC(C)C)=C(C)N=C3SC=C(CC(=O)N[C@@H](C)c4ccccc4)N32)c(OC)c1. The maximum absolute atomic E-state index is 13.4. The molecule has 0 saturated carbocycles. The van der Waals surface area contributed by atoms with Gasteiger partial charge in [0.1, 0.15) is 11.5 Å². The number of benzene rings is 2. The van der Waals surface area contributed by atoms with Crippen LogP contribution in [0.2, 0.25) is 0 Å². The van der Waals surface area contributed by atoms with Gasteiger partial charge in [-0.1, -0.05) is 42.1 Å². The summed E-state index contributed by atoms with van der Waals surface area (Å²) in [6.07, 6.45) is -0.191. The summed E-state index contributed by atoms with van der Waals surface area (Å²) < 4.78 is 16.7. The molecule has 2 aliphatic heterocycles. The summed E-state index contributed by atoms with van der Waals surface area (Å²) in [4.78, 5) is 33.2. The van der Waals surface area contributed by atoms with Crippen molar-refractivity contribution in [2.24, 2.45) is 4.99 Å². The minimum atomic E-state index is -0.602. The van der Waals surface area contributed by atoms with E-state index < -0.39 is 12.0 Å². The maximum atomic E-state index is 13.4. The Balaban J connectivity index is 1.70. The second kappa shape index (κ2) is 11.8. The summed E-state index contributed by atoms with van der Waals surface area (Å²) in [5.74, 6) is 0.592. The molecule has 0 spiro atoms. The van der Waals surface area contributed by atoms with E-state index in [0.717, 1.165) is 16.8 Å². The van der Waals surface area contributed by atoms with Crippen LogP contribution in [-0.4, -0.2) is 42.3 Å². The molecule has 0 saturated heterocycles. The standard InChI is InChI=1S/C29H33N3O5S/c1-17(2)37-28(34)26-19(4)31-29-32(27(26)23-13-12-22(35-5)15-24(23)36-6)21(16-38-29)14-25(33)30-18(3)20-10-8-7-9-11-20/h7-13,15-18,27H,14H2,1-6H3,(H,30,33)/t18-,27-/m0/s1. The predicted octanol–water partition coefficient (Wildman–Crippen LogP) is 5.50. The number of allylic oxidation sites excluding steroid dienone is 1. The number of nitrogens with one attached hydrogen (secondary N) is 1. The fraction of sp³-hybridized carbons (Fsp3) is 0.345. The number of fused-ring (bicyclic) bond motifs is 1. The third-order valence-electron chi connectivity index (χ3n) is 6.32. The second-order valence-electron chi connectivity index (χ2n) is 9.33. The lowest BCUT2D eigenvalue weighted by Crippen LogP contribution is -2.38. The fourth-order valence-electron chi connectivity index (χ4n) is 4.53. The molecule has 2 atom stereocenters. The first-order chi connectivity index (χ1) is 18.2. The van der Waals surface area contributed by atoms with Crippen LogP contribution in [0.1, 0.15) is 57.3 Å². The molecule has 4 rings (SSSR count). The smallest absolute Gasteiger partial charge is 0.338 e. The van der Waals surface area contributed by atoms with Crippen LogP contribution >= 0.6 is 11.8 Å². The molecule has 2 aliphatic rings. The molecule has 0 fully saturated rings. The van der Waals surface area contributed by atoms with Gasteiger partial charge in [-0.3, -0.25) is 4.79 Å². The summed E-state index contributed by atoms with van der Waals surface area (Å²) in [5, 5.41) is 5.68. The Bertz CT molecular complexity index is 1300. The molecule has 0 aliphatic carbocycles. The number of carbonyl (C=O) groups excluding carboxylic acids is 2. The van der Waals surface area contributed by atoms with Crippen molar-refractivity contribution in [1.29, 1.82) is 0 Å². The highest BCUT2D eigenvalue weighted by Crippen LogP contribution is 2.47. The van der Waals surface area contributed by atoms with Crippen LogP contribution < -0.4 is 14.8 Å². The zero-order valence-electron chi connectivity index (χ0n) is 22.5. The molecule has 9 heteroatoms. The van der Waals surface area contributed by atoms with Gasteiger partial charge in [0.05, 0.1) is 50.1 Å². The van der Waals surface area contributed by atoms with E-state index in [1.54, 1.807) is 27.2 Å². The van der Waals surface area contributed by atoms with E-state index in [9.17, 15) is 9.59 Å². The highest BCUT2D eigenvalue weighted by molar-refractivity contribution is 8.16. The Morgan fingerprint density at radius 2 is 1.82 bits per heavy atom. The lowest BCUT2D eigenvalue weighted by molar-refractivity contribution is -0.143. The van der Waals surface area contributed by atoms with Gasteiger partial charge in [-0.25, -0.2) is 9.79 Å². The monoisotopic (exact) mass is 535 g/mol. The molecule has 1 N–H and O–H groups in total. The van der Waals surface area contributed by atoms with Gasteiger partial charge >= 0.3 is 5.97 Å². The lowest BCUT2D eigenvalue weighted by Gasteiger charge is -2.37. The Morgan fingerprint density at radius 1 is 1.08 bits per heavy atom. The van der Waals surface area contributed by atoms with Crippen LogP contribution in [-0.2, 0) is 14.3 Å². The summed E-state index contributed by atoms with van der Waals surface area (Å²) in [6, 6.07) is 14.5. The van der Waals surface area contributed by atoms with Gasteiger partial charge in [-0.15, -0.1) is 0 Å². The first-order valence-electron chi connectivity index (χ1n) is 12.4. The number of amides is 1. The van der Waals surface area contributed by atoms with Gasteiger partial charge in [0, 0.05) is 17.3 Å². The number of methoxy groups -OCH3 is 2. The molecule has 8 nitrogen and oxygen atoms in total. The molecule has 2 aromatic carbocycles. The minimum Gasteiger partial charge on any atom is -0.497 e. The third-order valence-corrected chi connectivity index (χ3v) is 7.21. The normalized spacial score (nSPS) is 17.4. The first kappa shape index (κ1) is 27.3. The average Bonchev–Trinajstić information content (AvgIpc) is 3.28. The second-order valence-corrected chi connectivity index (χ2v) is 10.2. The number of nitrogens with zero attached hydrogens (tertiary/aromatic N) is 2. The van der Waals surface area contributed by atoms with Crippen LogP contribution in [0.25, 0.3) is 0 Å². The van der Waals surface area contributed by atoms with E-state index in [4.69, 9.17) is 19.2 Å². The van der Waals surface area contributed by atoms with Gasteiger partial charge < -0.3 is 24.4 Å². The van der Waals surface area contributed by atoms with Crippen molar-refractivity contribution in [3.63, 3.8) is 0 Å². The van der Waals surface area contributed by atoms with E-state index in [2.05, 4.69) is 5.32 Å². The molecule has 200 valence electrons. The van der Waals surface area contributed by atoms with Crippen molar-refractivity contribution in [2.75, 3.05) is 14.2 Å². The maximum Gasteiger partial charge on any atom is 0.338 e. The molecular weight excluding hydrogens is 502 g/mol. The highest BCUT2D eigenvalue weighted by atomic mass is 32.2. The topological polar surface area (TPSA) is 89.5 Å². The van der Waals surface area contributed by atoms with Crippen LogP contribution in [0.3, 0.4) is 0 Å². The van der Waals surface area contributed by atoms with Gasteiger partial charge in [0.25, 0.3) is 0 Å². The van der Waals surface area contributed by atoms with Crippen LogP contribution in [0.15, 0.2) is 75.9 Å². The quantitative estimate of drug-likeness (QED) is 0.424. The van der Waals surface area contributed by atoms with E-state index in [-0.39, 0.29) is 24.5 Å². The van der Waals surface area contributed by atoms with Crippen molar-refractivity contribution in [1.82, 2.24) is 10.2 Å². The summed E-state index contributed by atoms with van der Waals surface area (Å²) in [5.41, 5.74) is 3.46. The largest absolute Gasteiger partial charge is 0.497 e. The highest BCUT2D eigenvalue weighted by Gasteiger charge is 2.42. The van der Waals surface area contributed by atoms with Crippen molar-refractivity contribution in [3.8, 4) is 11.5 Å². The summed E-state index contributed by atoms with van der Waals surface area (Å²) >= 11 is 1.42. The number of carbonyl (C=O) groups is 2. The van der Waals surface area contributed by atoms with E-state index in [1.807, 2.05) is 73.5 Å². The van der Waals surface area contributed by atoms with Crippen molar-refractivity contribution < 1.29 is 23.8 Å². The fourth-order valence-corrected chi connectivity index (χ4v) is 5.49. The number of rotatable bonds is 9. The van der Waals surface area contributed by atoms with E-state index >= 15 is 0 Å². The van der Waals surface area contributed by atoms with Gasteiger partial charge in [-0.05, 0) is 50.8 Å². The van der Waals surface area contributed by atoms with Crippen LogP contribution in [0.4, 0.5) is 0 Å². The van der Waals surface area contributed by atoms with Gasteiger partial charge in [0.15, 0.2) is 5.17 Å². The third kappa shape index (κ3) is 5.72. The van der Waals surface area contributed by atoms with Crippen LogP contribution in [0, 0.1) is 0 Å². The predicted molar refractivity (Wildman–Crippen MR) is 149 cm³/mol. The minimum absolute atomic E-state index is 0.115. The Hall–Kier alpha value is -3.72. The zero-order chi connectivity index (χ0) is 27.4. The van der Waals surface area contributed by atoms with Gasteiger partial charge in [0.2, 0.25) is 5.91 Å². The molecule has 0 radical (unpaired) electrons. The molecule has 1 amide bonds. The van der Waals surface area contributed by atoms with Crippen LogP contribution in [0.5, 0.6) is 11.5 Å². The number of ether oxygens (including phenoxy) is 3. The summed E-state index contributed by atoms with van der Waals surface area (Å²) in [6.45, 7) is 7.38. The molecule has 2 aromatic rings. The lowest BCUT2D eigenvalue weighted by atomic mass is 9.93. The molecule has 0 aromatic heterocycles.